The number of carbonyl (C=O) groups is 2. The number of carbonyl (C=O) groups excluding carboxylic acids is 1. The maximum Gasteiger partial charge on any atom is 0.411 e. The van der Waals surface area contributed by atoms with Gasteiger partial charge in [-0.15, -0.1) is 0 Å². The Hall–Kier alpha value is -4.07. The van der Waals surface area contributed by atoms with Gasteiger partial charge in [-0.05, 0) is 86.8 Å². The number of aryl methyl sites for hydroxylation is 1. The van der Waals surface area contributed by atoms with E-state index in [-0.39, 0.29) is 5.91 Å². The second kappa shape index (κ2) is 17.0. The van der Waals surface area contributed by atoms with Crippen LogP contribution < -0.4 is 15.5 Å². The van der Waals surface area contributed by atoms with E-state index in [1.54, 1.807) is 6.92 Å². The topological polar surface area (TPSA) is 110 Å². The van der Waals surface area contributed by atoms with Gasteiger partial charge in [0.1, 0.15) is 0 Å². The molecule has 1 aliphatic carbocycles. The minimum Gasteiger partial charge on any atom is -0.465 e. The van der Waals surface area contributed by atoms with Gasteiger partial charge >= 0.3 is 6.09 Å². The molecular formula is C38H51N5O3. The van der Waals surface area contributed by atoms with Crippen molar-refractivity contribution in [1.82, 2.24) is 15.3 Å². The first-order valence-corrected chi connectivity index (χ1v) is 17.5. The summed E-state index contributed by atoms with van der Waals surface area (Å²) >= 11 is 0. The number of amides is 2. The van der Waals surface area contributed by atoms with Crippen LogP contribution in [-0.4, -0.2) is 46.7 Å². The first-order valence-electron chi connectivity index (χ1n) is 17.5. The van der Waals surface area contributed by atoms with E-state index in [1.807, 2.05) is 30.5 Å². The highest BCUT2D eigenvalue weighted by atomic mass is 16.4. The third kappa shape index (κ3) is 9.24. The van der Waals surface area contributed by atoms with Gasteiger partial charge in [-0.25, -0.2) is 4.79 Å². The zero-order valence-electron chi connectivity index (χ0n) is 27.5. The van der Waals surface area contributed by atoms with E-state index < -0.39 is 6.09 Å². The Morgan fingerprint density at radius 2 is 1.70 bits per heavy atom. The van der Waals surface area contributed by atoms with Crippen molar-refractivity contribution >= 4 is 45.2 Å². The average molecular weight is 626 g/mol. The van der Waals surface area contributed by atoms with Crippen molar-refractivity contribution < 1.29 is 14.7 Å². The van der Waals surface area contributed by atoms with Gasteiger partial charge in [-0.2, -0.15) is 0 Å². The van der Waals surface area contributed by atoms with Gasteiger partial charge in [0.15, 0.2) is 0 Å². The number of hydrogen-bond donors (Lipinski definition) is 4. The zero-order chi connectivity index (χ0) is 32.1. The summed E-state index contributed by atoms with van der Waals surface area (Å²) in [6.45, 7) is 3.63. The zero-order valence-corrected chi connectivity index (χ0v) is 27.5. The van der Waals surface area contributed by atoms with E-state index in [9.17, 15) is 14.7 Å². The first kappa shape index (κ1) is 33.3. The highest BCUT2D eigenvalue weighted by Gasteiger charge is 2.19. The van der Waals surface area contributed by atoms with E-state index in [1.165, 1.54) is 78.6 Å². The molecule has 1 atom stereocenters. The fourth-order valence-corrected chi connectivity index (χ4v) is 6.97. The molecule has 5 rings (SSSR count). The molecule has 2 heterocycles. The second-order valence-corrected chi connectivity index (χ2v) is 12.9. The van der Waals surface area contributed by atoms with Crippen LogP contribution in [0.3, 0.4) is 0 Å². The Kier molecular flexibility index (Phi) is 12.3. The first-order chi connectivity index (χ1) is 22.5. The number of aromatic amines is 1. The number of nitrogens with one attached hydrogen (secondary N) is 3. The van der Waals surface area contributed by atoms with E-state index in [4.69, 9.17) is 4.98 Å². The van der Waals surface area contributed by atoms with Crippen molar-refractivity contribution in [2.45, 2.75) is 96.8 Å². The van der Waals surface area contributed by atoms with Crippen LogP contribution in [0.1, 0.15) is 95.2 Å². The molecule has 4 aromatic rings. The molecule has 2 aromatic heterocycles. The van der Waals surface area contributed by atoms with Crippen LogP contribution in [0.15, 0.2) is 54.7 Å². The normalized spacial score (nSPS) is 13.4. The summed E-state index contributed by atoms with van der Waals surface area (Å²) in [5.74, 6) is 0.347. The minimum atomic E-state index is -0.931. The van der Waals surface area contributed by atoms with E-state index in [0.29, 0.717) is 24.7 Å². The maximum atomic E-state index is 12.2. The van der Waals surface area contributed by atoms with Crippen LogP contribution >= 0.6 is 0 Å². The number of anilines is 2. The van der Waals surface area contributed by atoms with Crippen molar-refractivity contribution in [3.05, 3.63) is 66.0 Å². The Balaban J connectivity index is 1.01. The van der Waals surface area contributed by atoms with Crippen LogP contribution in [0.5, 0.6) is 0 Å². The van der Waals surface area contributed by atoms with Crippen molar-refractivity contribution in [1.29, 1.82) is 0 Å². The van der Waals surface area contributed by atoms with E-state index in [2.05, 4.69) is 39.9 Å². The molecule has 0 fully saturated rings. The minimum absolute atomic E-state index is 0.0191. The molecule has 0 radical (unpaired) electrons. The van der Waals surface area contributed by atoms with Crippen molar-refractivity contribution in [2.75, 3.05) is 29.9 Å². The number of H-pyrrole nitrogens is 1. The Morgan fingerprint density at radius 1 is 0.913 bits per heavy atom. The monoisotopic (exact) mass is 625 g/mol. The van der Waals surface area contributed by atoms with Gasteiger partial charge < -0.3 is 20.7 Å². The van der Waals surface area contributed by atoms with Gasteiger partial charge in [-0.3, -0.25) is 14.7 Å². The molecule has 2 aromatic carbocycles. The summed E-state index contributed by atoms with van der Waals surface area (Å²) in [5.41, 5.74) is 6.85. The molecule has 8 heteroatoms. The number of rotatable bonds is 18. The molecular weight excluding hydrogens is 574 g/mol. The fourth-order valence-electron chi connectivity index (χ4n) is 6.97. The number of nitrogens with zero attached hydrogens (tertiary/aromatic N) is 2. The van der Waals surface area contributed by atoms with E-state index in [0.717, 1.165) is 61.5 Å². The highest BCUT2D eigenvalue weighted by Crippen LogP contribution is 2.33. The maximum absolute atomic E-state index is 12.2. The summed E-state index contributed by atoms with van der Waals surface area (Å²) in [4.78, 5) is 33.2. The van der Waals surface area contributed by atoms with Gasteiger partial charge in [0.05, 0.1) is 5.52 Å². The molecule has 246 valence electrons. The summed E-state index contributed by atoms with van der Waals surface area (Å²) < 4.78 is 0. The molecule has 46 heavy (non-hydrogen) atoms. The molecule has 0 bridgehead atoms. The predicted molar refractivity (Wildman–Crippen MR) is 189 cm³/mol. The average Bonchev–Trinajstić information content (AvgIpc) is 3.53. The Labute approximate surface area is 273 Å². The largest absolute Gasteiger partial charge is 0.465 e. The van der Waals surface area contributed by atoms with Gasteiger partial charge in [0.2, 0.25) is 5.91 Å². The lowest BCUT2D eigenvalue weighted by atomic mass is 9.92. The number of benzene rings is 2. The molecule has 0 spiro atoms. The lowest BCUT2D eigenvalue weighted by Crippen LogP contribution is -2.32. The molecule has 2 amide bonds. The number of aromatic nitrogens is 2. The smallest absolute Gasteiger partial charge is 0.411 e. The van der Waals surface area contributed by atoms with E-state index >= 15 is 0 Å². The summed E-state index contributed by atoms with van der Waals surface area (Å²) in [6, 6.07) is 16.2. The summed E-state index contributed by atoms with van der Waals surface area (Å²) in [7, 11) is 0. The highest BCUT2D eigenvalue weighted by molar-refractivity contribution is 5.93. The van der Waals surface area contributed by atoms with Crippen LogP contribution in [0.4, 0.5) is 16.2 Å². The summed E-state index contributed by atoms with van der Waals surface area (Å²) in [5, 5.41) is 18.9. The number of hydrogen-bond acceptors (Lipinski definition) is 4. The molecule has 0 saturated carbocycles. The van der Waals surface area contributed by atoms with Gasteiger partial charge in [0.25, 0.3) is 0 Å². The van der Waals surface area contributed by atoms with Crippen LogP contribution in [0.25, 0.3) is 21.8 Å². The molecule has 8 nitrogen and oxygen atoms in total. The number of pyridine rings is 1. The number of unbranched alkanes of at least 4 members (excludes halogenated alkanes) is 6. The SMILES string of the molecule is CC(=O)NCCC(CCCCCCCCCNc1c2c(nc3ccccc13)CCCC2)CCN(C(=O)O)c1ccc2[nH]ccc2c1. The molecule has 4 N–H and O–H groups in total. The van der Waals surface area contributed by atoms with Crippen molar-refractivity contribution in [3.63, 3.8) is 0 Å². The third-order valence-corrected chi connectivity index (χ3v) is 9.53. The molecule has 0 saturated heterocycles. The third-order valence-electron chi connectivity index (χ3n) is 9.53. The number of para-hydroxylation sites is 1. The lowest BCUT2D eigenvalue weighted by molar-refractivity contribution is -0.119. The van der Waals surface area contributed by atoms with Crippen LogP contribution in [0, 0.1) is 5.92 Å². The number of carboxylic acid groups (broad SMARTS) is 1. The standard InChI is InChI=1S/C38H51N5O3/c1-28(44)39-24-20-29(22-26-43(38(45)46)31-18-19-34-30(27-31)21-25-40-34)13-7-5-3-2-4-6-12-23-41-37-32-14-8-10-16-35(32)42-36-17-11-9-15-33(36)37/h8,10,14,16,18-19,21,25,27,29,40H,2-7,9,11-13,15,17,20,22-24,26H2,1H3,(H,39,44)(H,41,42)(H,45,46). The number of fused-ring (bicyclic) bond motifs is 3. The lowest BCUT2D eigenvalue weighted by Gasteiger charge is -2.23. The predicted octanol–water partition coefficient (Wildman–Crippen LogP) is 8.84. The quantitative estimate of drug-likeness (QED) is 0.0826. The Bertz CT molecular complexity index is 1580. The molecule has 1 aliphatic rings. The van der Waals surface area contributed by atoms with Gasteiger partial charge in [-0.1, -0.05) is 63.1 Å². The second-order valence-electron chi connectivity index (χ2n) is 12.9. The van der Waals surface area contributed by atoms with Crippen LogP contribution in [0.2, 0.25) is 0 Å². The van der Waals surface area contributed by atoms with Crippen molar-refractivity contribution in [2.24, 2.45) is 5.92 Å². The molecule has 0 aliphatic heterocycles. The van der Waals surface area contributed by atoms with Crippen LogP contribution in [-0.2, 0) is 17.6 Å². The fraction of sp³-hybridized carbons (Fsp3) is 0.500. The summed E-state index contributed by atoms with van der Waals surface area (Å²) in [6.07, 6.45) is 16.8. The van der Waals surface area contributed by atoms with Crippen molar-refractivity contribution in [3.8, 4) is 0 Å². The van der Waals surface area contributed by atoms with Gasteiger partial charge in [0, 0.05) is 66.1 Å². The Morgan fingerprint density at radius 3 is 2.52 bits per heavy atom. The molecule has 1 unspecified atom stereocenters.